The summed E-state index contributed by atoms with van der Waals surface area (Å²) < 4.78 is 1.87. The van der Waals surface area contributed by atoms with Gasteiger partial charge in [0.2, 0.25) is 0 Å². The van der Waals surface area contributed by atoms with Gasteiger partial charge in [-0.25, -0.2) is 0 Å². The van der Waals surface area contributed by atoms with Crippen molar-refractivity contribution in [1.82, 2.24) is 9.78 Å². The molecule has 0 spiro atoms. The van der Waals surface area contributed by atoms with Crippen LogP contribution >= 0.6 is 0 Å². The van der Waals surface area contributed by atoms with E-state index < -0.39 is 0 Å². The zero-order valence-corrected chi connectivity index (χ0v) is 9.43. The molecular formula is C13H16N2O. The van der Waals surface area contributed by atoms with E-state index in [0.29, 0.717) is 0 Å². The molecule has 0 bridgehead atoms. The van der Waals surface area contributed by atoms with E-state index in [1.807, 2.05) is 29.2 Å². The third kappa shape index (κ3) is 2.31. The topological polar surface area (TPSA) is 38.0 Å². The van der Waals surface area contributed by atoms with Crippen molar-refractivity contribution in [2.75, 3.05) is 6.61 Å². The van der Waals surface area contributed by atoms with Crippen molar-refractivity contribution < 1.29 is 5.11 Å². The number of benzene rings is 1. The van der Waals surface area contributed by atoms with E-state index >= 15 is 0 Å². The zero-order valence-electron chi connectivity index (χ0n) is 9.43. The maximum atomic E-state index is 8.75. The number of aliphatic hydroxyl groups is 1. The lowest BCUT2D eigenvalue weighted by atomic mass is 10.0. The molecule has 84 valence electrons. The van der Waals surface area contributed by atoms with Crippen molar-refractivity contribution in [3.63, 3.8) is 0 Å². The summed E-state index contributed by atoms with van der Waals surface area (Å²) in [5, 5.41) is 13.0. The van der Waals surface area contributed by atoms with E-state index in [1.54, 1.807) is 0 Å². The van der Waals surface area contributed by atoms with Crippen LogP contribution in [0.2, 0.25) is 0 Å². The van der Waals surface area contributed by atoms with Crippen LogP contribution in [-0.4, -0.2) is 21.5 Å². The first-order valence-corrected chi connectivity index (χ1v) is 5.50. The molecule has 0 radical (unpaired) electrons. The monoisotopic (exact) mass is 216 g/mol. The molecule has 1 N–H and O–H groups in total. The van der Waals surface area contributed by atoms with Crippen molar-refractivity contribution in [3.05, 3.63) is 42.2 Å². The Bertz CT molecular complexity index is 462. The second-order valence-corrected chi connectivity index (χ2v) is 3.88. The number of aryl methyl sites for hydroxylation is 2. The zero-order chi connectivity index (χ0) is 11.4. The van der Waals surface area contributed by atoms with Crippen molar-refractivity contribution in [2.24, 2.45) is 0 Å². The van der Waals surface area contributed by atoms with Gasteiger partial charge in [0.25, 0.3) is 0 Å². The van der Waals surface area contributed by atoms with E-state index in [4.69, 9.17) is 5.11 Å². The van der Waals surface area contributed by atoms with E-state index in [0.717, 1.165) is 18.5 Å². The molecule has 0 saturated heterocycles. The lowest BCUT2D eigenvalue weighted by molar-refractivity contribution is 0.277. The highest BCUT2D eigenvalue weighted by Gasteiger charge is 2.03. The highest BCUT2D eigenvalue weighted by atomic mass is 16.3. The molecule has 2 aromatic rings. The summed E-state index contributed by atoms with van der Waals surface area (Å²) in [5.41, 5.74) is 3.61. The number of aliphatic hydroxyl groups excluding tert-OH is 1. The summed E-state index contributed by atoms with van der Waals surface area (Å²) in [4.78, 5) is 0. The Hall–Kier alpha value is -1.61. The SMILES string of the molecule is Cc1ccccc1-c1cnn(CCCO)c1. The summed E-state index contributed by atoms with van der Waals surface area (Å²) in [6.07, 6.45) is 4.65. The lowest BCUT2D eigenvalue weighted by Crippen LogP contribution is -1.99. The van der Waals surface area contributed by atoms with Gasteiger partial charge in [0, 0.05) is 24.9 Å². The predicted octanol–water partition coefficient (Wildman–Crippen LogP) is 2.24. The van der Waals surface area contributed by atoms with Gasteiger partial charge in [-0.2, -0.15) is 5.10 Å². The Labute approximate surface area is 95.3 Å². The number of hydrogen-bond donors (Lipinski definition) is 1. The largest absolute Gasteiger partial charge is 0.396 e. The smallest absolute Gasteiger partial charge is 0.0568 e. The highest BCUT2D eigenvalue weighted by Crippen LogP contribution is 2.22. The number of nitrogens with zero attached hydrogens (tertiary/aromatic N) is 2. The summed E-state index contributed by atoms with van der Waals surface area (Å²) in [5.74, 6) is 0. The molecular weight excluding hydrogens is 200 g/mol. The van der Waals surface area contributed by atoms with Crippen molar-refractivity contribution in [1.29, 1.82) is 0 Å². The van der Waals surface area contributed by atoms with Gasteiger partial charge in [0.1, 0.15) is 0 Å². The molecule has 1 aromatic heterocycles. The van der Waals surface area contributed by atoms with Gasteiger partial charge in [-0.3, -0.25) is 4.68 Å². The molecule has 3 nitrogen and oxygen atoms in total. The third-order valence-corrected chi connectivity index (χ3v) is 2.63. The Balaban J connectivity index is 2.22. The van der Waals surface area contributed by atoms with Gasteiger partial charge in [-0.15, -0.1) is 0 Å². The molecule has 0 aliphatic heterocycles. The first-order chi connectivity index (χ1) is 7.81. The first-order valence-electron chi connectivity index (χ1n) is 5.50. The van der Waals surface area contributed by atoms with Gasteiger partial charge < -0.3 is 5.11 Å². The summed E-state index contributed by atoms with van der Waals surface area (Å²) in [6, 6.07) is 8.27. The van der Waals surface area contributed by atoms with Crippen molar-refractivity contribution in [2.45, 2.75) is 19.9 Å². The van der Waals surface area contributed by atoms with Crippen LogP contribution in [0, 0.1) is 6.92 Å². The lowest BCUT2D eigenvalue weighted by Gasteiger charge is -2.01. The van der Waals surface area contributed by atoms with Crippen molar-refractivity contribution >= 4 is 0 Å². The van der Waals surface area contributed by atoms with Gasteiger partial charge in [-0.05, 0) is 24.5 Å². The molecule has 0 saturated carbocycles. The van der Waals surface area contributed by atoms with Gasteiger partial charge >= 0.3 is 0 Å². The predicted molar refractivity (Wildman–Crippen MR) is 64.1 cm³/mol. The quantitative estimate of drug-likeness (QED) is 0.851. The van der Waals surface area contributed by atoms with E-state index in [9.17, 15) is 0 Å². The molecule has 2 rings (SSSR count). The van der Waals surface area contributed by atoms with Crippen LogP contribution in [-0.2, 0) is 6.54 Å². The van der Waals surface area contributed by atoms with Gasteiger partial charge in [-0.1, -0.05) is 24.3 Å². The molecule has 0 unspecified atom stereocenters. The minimum atomic E-state index is 0.208. The average molecular weight is 216 g/mol. The minimum absolute atomic E-state index is 0.208. The molecule has 1 aromatic carbocycles. The first kappa shape index (κ1) is 10.9. The highest BCUT2D eigenvalue weighted by molar-refractivity contribution is 5.65. The normalized spacial score (nSPS) is 10.6. The third-order valence-electron chi connectivity index (χ3n) is 2.63. The molecule has 1 heterocycles. The molecule has 0 fully saturated rings. The molecule has 0 atom stereocenters. The Morgan fingerprint density at radius 2 is 2.12 bits per heavy atom. The summed E-state index contributed by atoms with van der Waals surface area (Å²) >= 11 is 0. The van der Waals surface area contributed by atoms with Gasteiger partial charge in [0.15, 0.2) is 0 Å². The maximum Gasteiger partial charge on any atom is 0.0568 e. The van der Waals surface area contributed by atoms with Crippen LogP contribution in [0.25, 0.3) is 11.1 Å². The molecule has 0 amide bonds. The van der Waals surface area contributed by atoms with Crippen LogP contribution in [0.5, 0.6) is 0 Å². The average Bonchev–Trinajstić information content (AvgIpc) is 2.75. The Morgan fingerprint density at radius 1 is 1.31 bits per heavy atom. The molecule has 16 heavy (non-hydrogen) atoms. The molecule has 0 aliphatic rings. The van der Waals surface area contributed by atoms with Crippen LogP contribution in [0.1, 0.15) is 12.0 Å². The fourth-order valence-electron chi connectivity index (χ4n) is 1.75. The fourth-order valence-corrected chi connectivity index (χ4v) is 1.75. The number of rotatable bonds is 4. The Kier molecular flexibility index (Phi) is 3.37. The second-order valence-electron chi connectivity index (χ2n) is 3.88. The van der Waals surface area contributed by atoms with E-state index in [1.165, 1.54) is 11.1 Å². The molecule has 3 heteroatoms. The van der Waals surface area contributed by atoms with E-state index in [-0.39, 0.29) is 6.61 Å². The second kappa shape index (κ2) is 4.94. The molecule has 0 aliphatic carbocycles. The van der Waals surface area contributed by atoms with Crippen LogP contribution in [0.15, 0.2) is 36.7 Å². The van der Waals surface area contributed by atoms with Gasteiger partial charge in [0.05, 0.1) is 6.20 Å². The number of aromatic nitrogens is 2. The minimum Gasteiger partial charge on any atom is -0.396 e. The maximum absolute atomic E-state index is 8.75. The standard InChI is InChI=1S/C13H16N2O/c1-11-5-2-3-6-13(11)12-9-14-15(10-12)7-4-8-16/h2-3,5-6,9-10,16H,4,7-8H2,1H3. The number of hydrogen-bond acceptors (Lipinski definition) is 2. The van der Waals surface area contributed by atoms with Crippen LogP contribution in [0.4, 0.5) is 0 Å². The van der Waals surface area contributed by atoms with Crippen LogP contribution < -0.4 is 0 Å². The summed E-state index contributed by atoms with van der Waals surface area (Å²) in [7, 11) is 0. The van der Waals surface area contributed by atoms with Crippen LogP contribution in [0.3, 0.4) is 0 Å². The summed E-state index contributed by atoms with van der Waals surface area (Å²) in [6.45, 7) is 3.07. The van der Waals surface area contributed by atoms with E-state index in [2.05, 4.69) is 24.2 Å². The fraction of sp³-hybridized carbons (Fsp3) is 0.308. The van der Waals surface area contributed by atoms with Crippen molar-refractivity contribution in [3.8, 4) is 11.1 Å². The Morgan fingerprint density at radius 3 is 2.88 bits per heavy atom.